The van der Waals surface area contributed by atoms with Crippen molar-refractivity contribution in [2.75, 3.05) is 39.3 Å². The summed E-state index contributed by atoms with van der Waals surface area (Å²) < 4.78 is 26.8. The Morgan fingerprint density at radius 1 is 0.880 bits per heavy atom. The summed E-state index contributed by atoms with van der Waals surface area (Å²) in [5.74, 6) is -0.132. The molecule has 8 heteroatoms. The van der Waals surface area contributed by atoms with Gasteiger partial charge >= 0.3 is 0 Å². The predicted octanol–water partition coefficient (Wildman–Crippen LogP) is 0.775. The first-order valence-electron chi connectivity index (χ1n) is 8.61. The standard InChI is InChI=1S/C17H23N3O4S/c21-14-18-10-12-19(13-11-18)17(22)15-4-6-16(7-5-15)25(23,24)20-8-2-1-3-9-20/h4-7,14H,1-3,8-13H2. The molecule has 0 radical (unpaired) electrons. The Morgan fingerprint density at radius 3 is 2.04 bits per heavy atom. The quantitative estimate of drug-likeness (QED) is 0.739. The molecule has 7 nitrogen and oxygen atoms in total. The first-order valence-corrected chi connectivity index (χ1v) is 10.1. The topological polar surface area (TPSA) is 78.0 Å². The average Bonchev–Trinajstić information content (AvgIpc) is 2.68. The first-order chi connectivity index (χ1) is 12.0. The van der Waals surface area contributed by atoms with Gasteiger partial charge in [0, 0.05) is 44.8 Å². The van der Waals surface area contributed by atoms with Gasteiger partial charge < -0.3 is 9.80 Å². The number of hydrogen-bond acceptors (Lipinski definition) is 4. The second-order valence-corrected chi connectivity index (χ2v) is 8.36. The van der Waals surface area contributed by atoms with Crippen LogP contribution in [0.5, 0.6) is 0 Å². The summed E-state index contributed by atoms with van der Waals surface area (Å²) in [4.78, 5) is 26.8. The number of piperidine rings is 1. The number of piperazine rings is 1. The van der Waals surface area contributed by atoms with Crippen LogP contribution in [0.25, 0.3) is 0 Å². The van der Waals surface area contributed by atoms with Gasteiger partial charge in [-0.1, -0.05) is 6.42 Å². The van der Waals surface area contributed by atoms with Crippen LogP contribution in [0.1, 0.15) is 29.6 Å². The van der Waals surface area contributed by atoms with Gasteiger partial charge in [0.05, 0.1) is 4.90 Å². The van der Waals surface area contributed by atoms with Crippen LogP contribution in [0.2, 0.25) is 0 Å². The van der Waals surface area contributed by atoms with Crippen molar-refractivity contribution in [3.63, 3.8) is 0 Å². The van der Waals surface area contributed by atoms with Crippen LogP contribution in [0.4, 0.5) is 0 Å². The van der Waals surface area contributed by atoms with Gasteiger partial charge in [-0.25, -0.2) is 8.42 Å². The molecule has 2 fully saturated rings. The predicted molar refractivity (Wildman–Crippen MR) is 92.6 cm³/mol. The summed E-state index contributed by atoms with van der Waals surface area (Å²) in [5.41, 5.74) is 0.470. The molecule has 0 N–H and O–H groups in total. The highest BCUT2D eigenvalue weighted by atomic mass is 32.2. The molecule has 0 aromatic heterocycles. The maximum atomic E-state index is 12.6. The maximum absolute atomic E-state index is 12.6. The second kappa shape index (κ2) is 7.53. The molecular formula is C17H23N3O4S. The van der Waals surface area contributed by atoms with E-state index in [1.54, 1.807) is 21.9 Å². The lowest BCUT2D eigenvalue weighted by Gasteiger charge is -2.32. The van der Waals surface area contributed by atoms with Crippen LogP contribution < -0.4 is 0 Å². The molecule has 0 spiro atoms. The van der Waals surface area contributed by atoms with Crippen molar-refractivity contribution < 1.29 is 18.0 Å². The van der Waals surface area contributed by atoms with Crippen LogP contribution in [-0.4, -0.2) is 74.1 Å². The van der Waals surface area contributed by atoms with Crippen LogP contribution in [0.15, 0.2) is 29.2 Å². The van der Waals surface area contributed by atoms with E-state index in [-0.39, 0.29) is 10.8 Å². The van der Waals surface area contributed by atoms with E-state index in [1.165, 1.54) is 16.4 Å². The number of hydrogen-bond donors (Lipinski definition) is 0. The highest BCUT2D eigenvalue weighted by molar-refractivity contribution is 7.89. The van der Waals surface area contributed by atoms with Crippen molar-refractivity contribution in [3.05, 3.63) is 29.8 Å². The third-order valence-electron chi connectivity index (χ3n) is 4.80. The lowest BCUT2D eigenvalue weighted by molar-refractivity contribution is -0.119. The highest BCUT2D eigenvalue weighted by Crippen LogP contribution is 2.21. The minimum absolute atomic E-state index is 0.132. The fourth-order valence-corrected chi connectivity index (χ4v) is 4.75. The molecule has 0 bridgehead atoms. The van der Waals surface area contributed by atoms with Gasteiger partial charge in [-0.2, -0.15) is 4.31 Å². The molecule has 3 rings (SSSR count). The molecule has 2 heterocycles. The van der Waals surface area contributed by atoms with E-state index in [9.17, 15) is 18.0 Å². The van der Waals surface area contributed by atoms with E-state index in [0.717, 1.165) is 25.7 Å². The smallest absolute Gasteiger partial charge is 0.253 e. The SMILES string of the molecule is O=CN1CCN(C(=O)c2ccc(S(=O)(=O)N3CCCCC3)cc2)CC1. The maximum Gasteiger partial charge on any atom is 0.253 e. The Morgan fingerprint density at radius 2 is 1.48 bits per heavy atom. The Bertz CT molecular complexity index is 719. The Labute approximate surface area is 148 Å². The van der Waals surface area contributed by atoms with Crippen molar-refractivity contribution in [1.82, 2.24) is 14.1 Å². The van der Waals surface area contributed by atoms with Crippen LogP contribution in [-0.2, 0) is 14.8 Å². The zero-order chi connectivity index (χ0) is 17.9. The number of amides is 2. The highest BCUT2D eigenvalue weighted by Gasteiger charge is 2.26. The van der Waals surface area contributed by atoms with Crippen molar-refractivity contribution in [1.29, 1.82) is 0 Å². The van der Waals surface area contributed by atoms with E-state index in [1.807, 2.05) is 0 Å². The number of sulfonamides is 1. The number of carbonyl (C=O) groups excluding carboxylic acids is 2. The molecule has 2 saturated heterocycles. The molecular weight excluding hydrogens is 342 g/mol. The van der Waals surface area contributed by atoms with E-state index >= 15 is 0 Å². The van der Waals surface area contributed by atoms with Crippen molar-refractivity contribution in [3.8, 4) is 0 Å². The number of benzene rings is 1. The van der Waals surface area contributed by atoms with Gasteiger partial charge in [-0.05, 0) is 37.1 Å². The lowest BCUT2D eigenvalue weighted by Crippen LogP contribution is -2.48. The van der Waals surface area contributed by atoms with Gasteiger partial charge in [-0.3, -0.25) is 9.59 Å². The zero-order valence-electron chi connectivity index (χ0n) is 14.1. The normalized spacial score (nSPS) is 19.7. The molecule has 2 aliphatic heterocycles. The number of carbonyl (C=O) groups is 2. The molecule has 0 unspecified atom stereocenters. The molecule has 136 valence electrons. The van der Waals surface area contributed by atoms with Crippen molar-refractivity contribution in [2.24, 2.45) is 0 Å². The number of rotatable bonds is 4. The first kappa shape index (κ1) is 17.9. The summed E-state index contributed by atoms with van der Waals surface area (Å²) in [6.45, 7) is 3.15. The summed E-state index contributed by atoms with van der Waals surface area (Å²) in [6, 6.07) is 6.17. The monoisotopic (exact) mass is 365 g/mol. The van der Waals surface area contributed by atoms with Crippen LogP contribution >= 0.6 is 0 Å². The average molecular weight is 365 g/mol. The van der Waals surface area contributed by atoms with Gasteiger partial charge in [0.25, 0.3) is 5.91 Å². The minimum atomic E-state index is -3.48. The Kier molecular flexibility index (Phi) is 5.39. The molecule has 0 aliphatic carbocycles. The molecule has 25 heavy (non-hydrogen) atoms. The second-order valence-electron chi connectivity index (χ2n) is 6.42. The summed E-state index contributed by atoms with van der Waals surface area (Å²) in [5, 5.41) is 0. The fraction of sp³-hybridized carbons (Fsp3) is 0.529. The molecule has 0 atom stereocenters. The zero-order valence-corrected chi connectivity index (χ0v) is 15.0. The lowest BCUT2D eigenvalue weighted by atomic mass is 10.2. The van der Waals surface area contributed by atoms with Crippen LogP contribution in [0.3, 0.4) is 0 Å². The van der Waals surface area contributed by atoms with Gasteiger partial charge in [-0.15, -0.1) is 0 Å². The van der Waals surface area contributed by atoms with E-state index in [2.05, 4.69) is 0 Å². The van der Waals surface area contributed by atoms with E-state index in [4.69, 9.17) is 0 Å². The van der Waals surface area contributed by atoms with Gasteiger partial charge in [0.1, 0.15) is 0 Å². The van der Waals surface area contributed by atoms with Crippen molar-refractivity contribution >= 4 is 22.3 Å². The number of nitrogens with zero attached hydrogens (tertiary/aromatic N) is 3. The van der Waals surface area contributed by atoms with Crippen molar-refractivity contribution in [2.45, 2.75) is 24.2 Å². The summed E-state index contributed by atoms with van der Waals surface area (Å²) in [7, 11) is -3.48. The molecule has 2 amide bonds. The fourth-order valence-electron chi connectivity index (χ4n) is 3.24. The van der Waals surface area contributed by atoms with E-state index < -0.39 is 10.0 Å². The minimum Gasteiger partial charge on any atom is -0.342 e. The molecule has 1 aromatic rings. The Balaban J connectivity index is 1.69. The third-order valence-corrected chi connectivity index (χ3v) is 6.72. The molecule has 2 aliphatic rings. The van der Waals surface area contributed by atoms with Crippen LogP contribution in [0, 0.1) is 0 Å². The van der Waals surface area contributed by atoms with Gasteiger partial charge in [0.2, 0.25) is 16.4 Å². The third kappa shape index (κ3) is 3.85. The van der Waals surface area contributed by atoms with E-state index in [0.29, 0.717) is 44.8 Å². The molecule has 0 saturated carbocycles. The summed E-state index contributed by atoms with van der Waals surface area (Å²) >= 11 is 0. The molecule has 1 aromatic carbocycles. The summed E-state index contributed by atoms with van der Waals surface area (Å²) in [6.07, 6.45) is 3.64. The largest absolute Gasteiger partial charge is 0.342 e. The Hall–Kier alpha value is -1.93. The van der Waals surface area contributed by atoms with Gasteiger partial charge in [0.15, 0.2) is 0 Å².